The van der Waals surface area contributed by atoms with Crippen molar-refractivity contribution in [1.82, 2.24) is 10.6 Å². The monoisotopic (exact) mass is 280 g/mol. The molecule has 1 rings (SSSR count). The highest BCUT2D eigenvalue weighted by Gasteiger charge is 2.24. The number of aliphatic hydroxyl groups is 1. The molecule has 4 N–H and O–H groups in total. The molecule has 1 saturated heterocycles. The van der Waals surface area contributed by atoms with Crippen molar-refractivity contribution in [1.29, 1.82) is 0 Å². The summed E-state index contributed by atoms with van der Waals surface area (Å²) in [4.78, 5) is 21.6. The molecule has 104 valence electrons. The molecule has 0 saturated carbocycles. The van der Waals surface area contributed by atoms with Crippen LogP contribution in [-0.2, 0) is 14.6 Å². The van der Waals surface area contributed by atoms with E-state index < -0.39 is 34.5 Å². The fraction of sp³-hybridized carbons (Fsp3) is 0.778. The number of carboxylic acid groups (broad SMARTS) is 1. The molecule has 9 heteroatoms. The van der Waals surface area contributed by atoms with Gasteiger partial charge in [-0.2, -0.15) is 0 Å². The van der Waals surface area contributed by atoms with Crippen LogP contribution in [0.3, 0.4) is 0 Å². The number of sulfone groups is 1. The average Bonchev–Trinajstić information content (AvgIpc) is 2.28. The Hall–Kier alpha value is -1.35. The van der Waals surface area contributed by atoms with Gasteiger partial charge in [0, 0.05) is 6.04 Å². The van der Waals surface area contributed by atoms with Crippen molar-refractivity contribution >= 4 is 21.8 Å². The fourth-order valence-corrected chi connectivity index (χ4v) is 3.04. The van der Waals surface area contributed by atoms with Crippen LogP contribution in [0.4, 0.5) is 4.79 Å². The van der Waals surface area contributed by atoms with Crippen LogP contribution in [0.15, 0.2) is 0 Å². The predicted octanol–water partition coefficient (Wildman–Crippen LogP) is -1.69. The zero-order chi connectivity index (χ0) is 13.8. The van der Waals surface area contributed by atoms with E-state index in [1.54, 1.807) is 0 Å². The summed E-state index contributed by atoms with van der Waals surface area (Å²) in [7, 11) is -2.98. The van der Waals surface area contributed by atoms with E-state index in [1.807, 2.05) is 0 Å². The Morgan fingerprint density at radius 1 is 1.28 bits per heavy atom. The maximum atomic E-state index is 11.3. The molecule has 0 aliphatic carbocycles. The van der Waals surface area contributed by atoms with Gasteiger partial charge in [0.2, 0.25) is 0 Å². The van der Waals surface area contributed by atoms with Crippen LogP contribution in [-0.4, -0.2) is 60.8 Å². The second kappa shape index (κ2) is 6.01. The quantitative estimate of drug-likeness (QED) is 0.485. The lowest BCUT2D eigenvalue weighted by Crippen LogP contribution is -2.48. The van der Waals surface area contributed by atoms with Gasteiger partial charge in [-0.05, 0) is 12.8 Å². The number of carboxylic acids is 1. The largest absolute Gasteiger partial charge is 0.479 e. The summed E-state index contributed by atoms with van der Waals surface area (Å²) in [6, 6.07) is -0.852. The van der Waals surface area contributed by atoms with E-state index >= 15 is 0 Å². The lowest BCUT2D eigenvalue weighted by Gasteiger charge is -2.23. The third kappa shape index (κ3) is 4.88. The SMILES string of the molecule is O=C(NCC(O)C(=O)O)NC1CCS(=O)(=O)CC1. The molecule has 0 spiro atoms. The van der Waals surface area contributed by atoms with Gasteiger partial charge in [-0.3, -0.25) is 0 Å². The lowest BCUT2D eigenvalue weighted by molar-refractivity contribution is -0.146. The number of urea groups is 1. The molecule has 0 aromatic heterocycles. The van der Waals surface area contributed by atoms with Crippen molar-refractivity contribution in [2.75, 3.05) is 18.1 Å². The molecule has 1 heterocycles. The van der Waals surface area contributed by atoms with Gasteiger partial charge in [-0.25, -0.2) is 18.0 Å². The van der Waals surface area contributed by atoms with Gasteiger partial charge in [-0.1, -0.05) is 0 Å². The molecule has 1 aliphatic heterocycles. The molecule has 1 atom stereocenters. The van der Waals surface area contributed by atoms with E-state index in [2.05, 4.69) is 10.6 Å². The van der Waals surface area contributed by atoms with Gasteiger partial charge in [0.05, 0.1) is 18.1 Å². The van der Waals surface area contributed by atoms with Crippen LogP contribution in [0.1, 0.15) is 12.8 Å². The molecule has 18 heavy (non-hydrogen) atoms. The number of nitrogens with one attached hydrogen (secondary N) is 2. The number of aliphatic carboxylic acids is 1. The van der Waals surface area contributed by atoms with Crippen LogP contribution in [0.2, 0.25) is 0 Å². The summed E-state index contributed by atoms with van der Waals surface area (Å²) < 4.78 is 22.3. The summed E-state index contributed by atoms with van der Waals surface area (Å²) in [5.41, 5.74) is 0. The zero-order valence-electron chi connectivity index (χ0n) is 9.63. The molecule has 0 bridgehead atoms. The van der Waals surface area contributed by atoms with Crippen molar-refractivity contribution < 1.29 is 28.2 Å². The van der Waals surface area contributed by atoms with E-state index in [4.69, 9.17) is 10.2 Å². The minimum atomic E-state index is -2.98. The van der Waals surface area contributed by atoms with Gasteiger partial charge in [0.25, 0.3) is 0 Å². The molecular weight excluding hydrogens is 264 g/mol. The average molecular weight is 280 g/mol. The Morgan fingerprint density at radius 2 is 1.83 bits per heavy atom. The van der Waals surface area contributed by atoms with Crippen LogP contribution in [0.25, 0.3) is 0 Å². The number of hydrogen-bond donors (Lipinski definition) is 4. The molecular formula is C9H16N2O6S. The first kappa shape index (κ1) is 14.7. The minimum Gasteiger partial charge on any atom is -0.479 e. The molecule has 1 aliphatic rings. The smallest absolute Gasteiger partial charge is 0.334 e. The highest BCUT2D eigenvalue weighted by atomic mass is 32.2. The van der Waals surface area contributed by atoms with Gasteiger partial charge < -0.3 is 20.8 Å². The van der Waals surface area contributed by atoms with Gasteiger partial charge >= 0.3 is 12.0 Å². The molecule has 1 fully saturated rings. The maximum Gasteiger partial charge on any atom is 0.334 e. The van der Waals surface area contributed by atoms with Crippen LogP contribution in [0.5, 0.6) is 0 Å². The van der Waals surface area contributed by atoms with Crippen LogP contribution < -0.4 is 10.6 Å². The summed E-state index contributed by atoms with van der Waals surface area (Å²) in [5.74, 6) is -1.34. The normalized spacial score (nSPS) is 20.9. The topological polar surface area (TPSA) is 133 Å². The van der Waals surface area contributed by atoms with Crippen molar-refractivity contribution in [3.8, 4) is 0 Å². The Bertz CT molecular complexity index is 407. The molecule has 0 aromatic carbocycles. The van der Waals surface area contributed by atoms with E-state index in [-0.39, 0.29) is 17.5 Å². The van der Waals surface area contributed by atoms with E-state index in [0.717, 1.165) is 0 Å². The second-order valence-electron chi connectivity index (χ2n) is 4.13. The summed E-state index contributed by atoms with van der Waals surface area (Å²) in [5, 5.41) is 22.0. The highest BCUT2D eigenvalue weighted by Crippen LogP contribution is 2.11. The van der Waals surface area contributed by atoms with Crippen LogP contribution in [0, 0.1) is 0 Å². The number of hydrogen-bond acceptors (Lipinski definition) is 5. The van der Waals surface area contributed by atoms with Crippen molar-refractivity contribution in [2.45, 2.75) is 25.0 Å². The zero-order valence-corrected chi connectivity index (χ0v) is 10.4. The van der Waals surface area contributed by atoms with Gasteiger partial charge in [0.15, 0.2) is 6.10 Å². The minimum absolute atomic E-state index is 0.0374. The van der Waals surface area contributed by atoms with E-state index in [1.165, 1.54) is 0 Å². The van der Waals surface area contributed by atoms with E-state index in [0.29, 0.717) is 12.8 Å². The molecule has 0 radical (unpaired) electrons. The van der Waals surface area contributed by atoms with E-state index in [9.17, 15) is 18.0 Å². The Balaban J connectivity index is 2.27. The number of rotatable bonds is 4. The Labute approximate surface area is 104 Å². The highest BCUT2D eigenvalue weighted by molar-refractivity contribution is 7.91. The van der Waals surface area contributed by atoms with Crippen molar-refractivity contribution in [3.05, 3.63) is 0 Å². The number of carbonyl (C=O) groups excluding carboxylic acids is 1. The predicted molar refractivity (Wildman–Crippen MR) is 61.9 cm³/mol. The fourth-order valence-electron chi connectivity index (χ4n) is 1.55. The molecule has 0 aromatic rings. The van der Waals surface area contributed by atoms with Crippen LogP contribution >= 0.6 is 0 Å². The van der Waals surface area contributed by atoms with Crippen molar-refractivity contribution in [2.24, 2.45) is 0 Å². The maximum absolute atomic E-state index is 11.3. The second-order valence-corrected chi connectivity index (χ2v) is 6.44. The van der Waals surface area contributed by atoms with Gasteiger partial charge in [-0.15, -0.1) is 0 Å². The standard InChI is InChI=1S/C9H16N2O6S/c12-7(8(13)14)5-10-9(15)11-6-1-3-18(16,17)4-2-6/h6-7,12H,1-5H2,(H,13,14)(H2,10,11,15). The first-order valence-corrected chi connectivity index (χ1v) is 7.28. The van der Waals surface area contributed by atoms with Gasteiger partial charge in [0.1, 0.15) is 9.84 Å². The third-order valence-corrected chi connectivity index (χ3v) is 4.35. The molecule has 1 unspecified atom stereocenters. The lowest BCUT2D eigenvalue weighted by atomic mass is 10.2. The first-order chi connectivity index (χ1) is 8.30. The van der Waals surface area contributed by atoms with Crippen molar-refractivity contribution in [3.63, 3.8) is 0 Å². The summed E-state index contributed by atoms with van der Waals surface area (Å²) in [6.07, 6.45) is -0.962. The first-order valence-electron chi connectivity index (χ1n) is 5.46. The molecule has 2 amide bonds. The Morgan fingerprint density at radius 3 is 2.33 bits per heavy atom. The molecule has 8 nitrogen and oxygen atoms in total. The number of carbonyl (C=O) groups is 2. The summed E-state index contributed by atoms with van der Waals surface area (Å²) >= 11 is 0. The number of aliphatic hydroxyl groups excluding tert-OH is 1. The summed E-state index contributed by atoms with van der Waals surface area (Å²) in [6.45, 7) is -0.397. The third-order valence-electron chi connectivity index (χ3n) is 2.63. The Kier molecular flexibility index (Phi) is 4.91. The number of amides is 2.